The number of aliphatic hydroxyl groups excluding tert-OH is 1. The molecule has 110 valence electrons. The van der Waals surface area contributed by atoms with Gasteiger partial charge in [0.05, 0.1) is 18.7 Å². The molecular formula is C12H13F3N2O3. The van der Waals surface area contributed by atoms with Crippen LogP contribution in [0.25, 0.3) is 0 Å². The van der Waals surface area contributed by atoms with E-state index in [-0.39, 0.29) is 6.10 Å². The summed E-state index contributed by atoms with van der Waals surface area (Å²) in [6, 6.07) is 3.99. The maximum Gasteiger partial charge on any atom is 0.416 e. The van der Waals surface area contributed by atoms with Gasteiger partial charge >= 0.3 is 12.2 Å². The minimum Gasteiger partial charge on any atom is -0.487 e. The van der Waals surface area contributed by atoms with E-state index in [4.69, 9.17) is 9.84 Å². The number of urea groups is 1. The molecule has 0 radical (unpaired) electrons. The molecule has 2 amide bonds. The first-order valence-corrected chi connectivity index (χ1v) is 5.87. The number of hydrogen-bond acceptors (Lipinski definition) is 3. The van der Waals surface area contributed by atoms with Gasteiger partial charge in [0.25, 0.3) is 0 Å². The number of carbonyl (C=O) groups is 1. The molecule has 0 unspecified atom stereocenters. The van der Waals surface area contributed by atoms with Crippen molar-refractivity contribution < 1.29 is 27.8 Å². The van der Waals surface area contributed by atoms with Crippen LogP contribution in [0.15, 0.2) is 24.3 Å². The first-order valence-electron chi connectivity index (χ1n) is 5.87. The quantitative estimate of drug-likeness (QED) is 0.828. The van der Waals surface area contributed by atoms with Gasteiger partial charge in [-0.15, -0.1) is 0 Å². The summed E-state index contributed by atoms with van der Waals surface area (Å²) in [6.45, 7) is 0.208. The molecular weight excluding hydrogens is 277 g/mol. The third kappa shape index (κ3) is 3.32. The van der Waals surface area contributed by atoms with E-state index < -0.39 is 24.5 Å². The van der Waals surface area contributed by atoms with Crippen molar-refractivity contribution in [2.75, 3.05) is 19.8 Å². The normalized spacial score (nSPS) is 15.7. The van der Waals surface area contributed by atoms with Gasteiger partial charge < -0.3 is 20.1 Å². The Balaban J connectivity index is 1.83. The van der Waals surface area contributed by atoms with Crippen LogP contribution in [0.1, 0.15) is 5.56 Å². The highest BCUT2D eigenvalue weighted by atomic mass is 19.4. The Hall–Kier alpha value is -1.96. The predicted molar refractivity (Wildman–Crippen MR) is 63.1 cm³/mol. The molecule has 0 aromatic heterocycles. The highest BCUT2D eigenvalue weighted by Crippen LogP contribution is 2.30. The number of benzene rings is 1. The van der Waals surface area contributed by atoms with Gasteiger partial charge in [-0.2, -0.15) is 13.2 Å². The molecule has 0 bridgehead atoms. The van der Waals surface area contributed by atoms with Crippen LogP contribution in [0.5, 0.6) is 5.75 Å². The molecule has 1 aromatic rings. The predicted octanol–water partition coefficient (Wildman–Crippen LogP) is 1.43. The Morgan fingerprint density at radius 2 is 1.95 bits per heavy atom. The Morgan fingerprint density at radius 1 is 1.35 bits per heavy atom. The Kier molecular flexibility index (Phi) is 4.03. The number of carbonyl (C=O) groups excluding carboxylic acids is 1. The van der Waals surface area contributed by atoms with Crippen molar-refractivity contribution in [3.05, 3.63) is 29.8 Å². The van der Waals surface area contributed by atoms with Crippen molar-refractivity contribution >= 4 is 6.03 Å². The van der Waals surface area contributed by atoms with Crippen LogP contribution in [0.2, 0.25) is 0 Å². The van der Waals surface area contributed by atoms with Crippen LogP contribution < -0.4 is 10.1 Å². The van der Waals surface area contributed by atoms with Crippen molar-refractivity contribution in [3.63, 3.8) is 0 Å². The molecule has 0 saturated carbocycles. The highest BCUT2D eigenvalue weighted by molar-refractivity contribution is 5.75. The number of rotatable bonds is 3. The number of alkyl halides is 3. The van der Waals surface area contributed by atoms with Gasteiger partial charge in [-0.05, 0) is 24.3 Å². The number of hydrogen-bond donors (Lipinski definition) is 2. The second-order valence-corrected chi connectivity index (χ2v) is 4.31. The lowest BCUT2D eigenvalue weighted by Crippen LogP contribution is -2.58. The molecule has 0 aliphatic carbocycles. The second kappa shape index (κ2) is 5.58. The molecule has 8 heteroatoms. The third-order valence-electron chi connectivity index (χ3n) is 2.85. The summed E-state index contributed by atoms with van der Waals surface area (Å²) in [7, 11) is 0. The first-order chi connectivity index (χ1) is 9.40. The maximum atomic E-state index is 12.4. The van der Waals surface area contributed by atoms with Gasteiger partial charge in [0, 0.05) is 0 Å². The third-order valence-corrected chi connectivity index (χ3v) is 2.85. The fraction of sp³-hybridized carbons (Fsp3) is 0.417. The molecule has 0 spiro atoms. The Bertz CT molecular complexity index is 470. The molecule has 1 aliphatic heterocycles. The molecule has 0 atom stereocenters. The lowest BCUT2D eigenvalue weighted by molar-refractivity contribution is -0.137. The fourth-order valence-corrected chi connectivity index (χ4v) is 1.77. The smallest absolute Gasteiger partial charge is 0.416 e. The van der Waals surface area contributed by atoms with Crippen molar-refractivity contribution in [3.8, 4) is 5.75 Å². The summed E-state index contributed by atoms with van der Waals surface area (Å²) in [6.07, 6.45) is -4.62. The van der Waals surface area contributed by atoms with Crippen molar-refractivity contribution in [2.24, 2.45) is 0 Å². The average molecular weight is 290 g/mol. The number of nitrogens with one attached hydrogen (secondary N) is 1. The lowest BCUT2D eigenvalue weighted by atomic mass is 10.1. The van der Waals surface area contributed by atoms with E-state index in [1.54, 1.807) is 0 Å². The lowest BCUT2D eigenvalue weighted by Gasteiger charge is -2.38. The molecule has 1 fully saturated rings. The summed E-state index contributed by atoms with van der Waals surface area (Å²) >= 11 is 0. The zero-order valence-electron chi connectivity index (χ0n) is 10.4. The standard InChI is InChI=1S/C12H13F3N2O3/c13-12(14,15)8-1-3-9(4-2-8)20-10-5-17(6-10)11(19)16-7-18/h1-4,10,18H,5-7H2,(H,16,19). The number of nitrogens with zero attached hydrogens (tertiary/aromatic N) is 1. The summed E-state index contributed by atoms with van der Waals surface area (Å²) in [5.41, 5.74) is -0.734. The molecule has 1 saturated heterocycles. The number of halogens is 3. The summed E-state index contributed by atoms with van der Waals surface area (Å²) in [4.78, 5) is 12.7. The van der Waals surface area contributed by atoms with Gasteiger partial charge in [0.15, 0.2) is 0 Å². The van der Waals surface area contributed by atoms with Crippen molar-refractivity contribution in [1.82, 2.24) is 10.2 Å². The van der Waals surface area contributed by atoms with Gasteiger partial charge in [-0.1, -0.05) is 0 Å². The number of aliphatic hydroxyl groups is 1. The number of amides is 2. The van der Waals surface area contributed by atoms with E-state index in [1.165, 1.54) is 17.0 Å². The topological polar surface area (TPSA) is 61.8 Å². The average Bonchev–Trinajstić information content (AvgIpc) is 2.33. The van der Waals surface area contributed by atoms with E-state index in [0.29, 0.717) is 18.8 Å². The van der Waals surface area contributed by atoms with Gasteiger partial charge in [0.2, 0.25) is 0 Å². The summed E-state index contributed by atoms with van der Waals surface area (Å²) < 4.78 is 42.5. The zero-order chi connectivity index (χ0) is 14.8. The SMILES string of the molecule is O=C(NCO)N1CC(Oc2ccc(C(F)(F)F)cc2)C1. The number of ether oxygens (including phenoxy) is 1. The van der Waals surface area contributed by atoms with Gasteiger partial charge in [0.1, 0.15) is 18.6 Å². The van der Waals surface area contributed by atoms with Crippen LogP contribution in [0.4, 0.5) is 18.0 Å². The minimum absolute atomic E-state index is 0.254. The van der Waals surface area contributed by atoms with E-state index in [1.807, 2.05) is 0 Å². The van der Waals surface area contributed by atoms with E-state index >= 15 is 0 Å². The molecule has 2 rings (SSSR count). The monoisotopic (exact) mass is 290 g/mol. The van der Waals surface area contributed by atoms with Crippen LogP contribution >= 0.6 is 0 Å². The Morgan fingerprint density at radius 3 is 2.45 bits per heavy atom. The van der Waals surface area contributed by atoms with Crippen LogP contribution in [0.3, 0.4) is 0 Å². The van der Waals surface area contributed by atoms with E-state index in [2.05, 4.69) is 5.32 Å². The molecule has 20 heavy (non-hydrogen) atoms. The summed E-state index contributed by atoms with van der Waals surface area (Å²) in [5, 5.41) is 10.7. The second-order valence-electron chi connectivity index (χ2n) is 4.31. The molecule has 1 aromatic carbocycles. The van der Waals surface area contributed by atoms with Crippen LogP contribution in [-0.4, -0.2) is 42.0 Å². The van der Waals surface area contributed by atoms with Gasteiger partial charge in [-0.25, -0.2) is 4.79 Å². The molecule has 1 aliphatic rings. The maximum absolute atomic E-state index is 12.4. The fourth-order valence-electron chi connectivity index (χ4n) is 1.77. The molecule has 2 N–H and O–H groups in total. The number of likely N-dealkylation sites (tertiary alicyclic amines) is 1. The van der Waals surface area contributed by atoms with E-state index in [0.717, 1.165) is 12.1 Å². The molecule has 5 nitrogen and oxygen atoms in total. The largest absolute Gasteiger partial charge is 0.487 e. The first kappa shape index (κ1) is 14.4. The van der Waals surface area contributed by atoms with Crippen LogP contribution in [0, 0.1) is 0 Å². The van der Waals surface area contributed by atoms with Crippen LogP contribution in [-0.2, 0) is 6.18 Å². The Labute approximate surface area is 112 Å². The van der Waals surface area contributed by atoms with Gasteiger partial charge in [-0.3, -0.25) is 0 Å². The highest BCUT2D eigenvalue weighted by Gasteiger charge is 2.33. The zero-order valence-corrected chi connectivity index (χ0v) is 10.4. The van der Waals surface area contributed by atoms with E-state index in [9.17, 15) is 18.0 Å². The molecule has 1 heterocycles. The van der Waals surface area contributed by atoms with Crippen molar-refractivity contribution in [2.45, 2.75) is 12.3 Å². The van der Waals surface area contributed by atoms with Crippen molar-refractivity contribution in [1.29, 1.82) is 0 Å². The minimum atomic E-state index is -4.37. The summed E-state index contributed by atoms with van der Waals surface area (Å²) in [5.74, 6) is 0.324.